The first-order chi connectivity index (χ1) is 10.0. The number of hydrogen-bond donors (Lipinski definition) is 3. The van der Waals surface area contributed by atoms with Gasteiger partial charge in [-0.1, -0.05) is 6.92 Å². The minimum absolute atomic E-state index is 0.151. The highest BCUT2D eigenvalue weighted by molar-refractivity contribution is 5.99. The van der Waals surface area contributed by atoms with E-state index in [1.165, 1.54) is 12.1 Å². The Balaban J connectivity index is 1.98. The summed E-state index contributed by atoms with van der Waals surface area (Å²) in [4.78, 5) is 34.6. The highest BCUT2D eigenvalue weighted by Crippen LogP contribution is 2.19. The summed E-state index contributed by atoms with van der Waals surface area (Å²) in [5.41, 5.74) is 0.821. The van der Waals surface area contributed by atoms with Crippen LogP contribution in [-0.2, 0) is 4.79 Å². The second-order valence-corrected chi connectivity index (χ2v) is 5.10. The molecule has 1 saturated carbocycles. The summed E-state index contributed by atoms with van der Waals surface area (Å²) in [5.74, 6) is -1.67. The van der Waals surface area contributed by atoms with Gasteiger partial charge in [0.15, 0.2) is 0 Å². The zero-order valence-electron chi connectivity index (χ0n) is 11.8. The van der Waals surface area contributed by atoms with Crippen LogP contribution >= 0.6 is 0 Å². The van der Waals surface area contributed by atoms with Crippen molar-refractivity contribution >= 4 is 17.8 Å². The number of carboxylic acids is 1. The average Bonchev–Trinajstić information content (AvgIpc) is 3.28. The van der Waals surface area contributed by atoms with Crippen LogP contribution in [0.1, 0.15) is 46.9 Å². The van der Waals surface area contributed by atoms with Crippen LogP contribution in [0, 0.1) is 0 Å². The van der Waals surface area contributed by atoms with E-state index in [0.717, 1.165) is 12.8 Å². The number of carbonyl (C=O) groups excluding carboxylic acids is 2. The van der Waals surface area contributed by atoms with Gasteiger partial charge in [-0.2, -0.15) is 0 Å². The Morgan fingerprint density at radius 1 is 1.14 bits per heavy atom. The van der Waals surface area contributed by atoms with Gasteiger partial charge in [-0.3, -0.25) is 9.59 Å². The molecule has 0 heterocycles. The Kier molecular flexibility index (Phi) is 4.57. The SMILES string of the molecule is CCC(NC(=O)c1ccc(C(=O)NC2CC2)cc1)C(=O)O. The molecule has 2 amide bonds. The van der Waals surface area contributed by atoms with Gasteiger partial charge in [-0.25, -0.2) is 4.79 Å². The number of amides is 2. The van der Waals surface area contributed by atoms with E-state index in [4.69, 9.17) is 5.11 Å². The maximum absolute atomic E-state index is 11.9. The van der Waals surface area contributed by atoms with Crippen molar-refractivity contribution in [3.63, 3.8) is 0 Å². The van der Waals surface area contributed by atoms with Crippen molar-refractivity contribution in [1.82, 2.24) is 10.6 Å². The fourth-order valence-electron chi connectivity index (χ4n) is 1.85. The van der Waals surface area contributed by atoms with Crippen LogP contribution in [0.3, 0.4) is 0 Å². The van der Waals surface area contributed by atoms with E-state index < -0.39 is 17.9 Å². The zero-order valence-corrected chi connectivity index (χ0v) is 11.8. The van der Waals surface area contributed by atoms with Crippen LogP contribution in [0.25, 0.3) is 0 Å². The number of nitrogens with one attached hydrogen (secondary N) is 2. The average molecular weight is 290 g/mol. The topological polar surface area (TPSA) is 95.5 Å². The standard InChI is InChI=1S/C15H18N2O4/c1-2-12(15(20)21)17-14(19)10-5-3-9(4-6-10)13(18)16-11-7-8-11/h3-6,11-12H,2,7-8H2,1H3,(H,16,18)(H,17,19)(H,20,21). The third-order valence-electron chi connectivity index (χ3n) is 3.33. The Morgan fingerprint density at radius 3 is 2.10 bits per heavy atom. The highest BCUT2D eigenvalue weighted by Gasteiger charge is 2.24. The zero-order chi connectivity index (χ0) is 15.4. The maximum atomic E-state index is 11.9. The summed E-state index contributed by atoms with van der Waals surface area (Å²) in [6, 6.07) is 5.54. The van der Waals surface area contributed by atoms with Crippen LogP contribution in [-0.4, -0.2) is 35.0 Å². The van der Waals surface area contributed by atoms with Gasteiger partial charge in [0, 0.05) is 17.2 Å². The van der Waals surface area contributed by atoms with Crippen molar-refractivity contribution < 1.29 is 19.5 Å². The number of rotatable bonds is 6. The lowest BCUT2D eigenvalue weighted by Gasteiger charge is -2.12. The van der Waals surface area contributed by atoms with Gasteiger partial charge in [-0.15, -0.1) is 0 Å². The van der Waals surface area contributed by atoms with Crippen LogP contribution in [0.2, 0.25) is 0 Å². The number of carboxylic acid groups (broad SMARTS) is 1. The maximum Gasteiger partial charge on any atom is 0.326 e. The molecule has 1 unspecified atom stereocenters. The van der Waals surface area contributed by atoms with E-state index in [9.17, 15) is 14.4 Å². The molecule has 6 heteroatoms. The fraction of sp³-hybridized carbons (Fsp3) is 0.400. The first kappa shape index (κ1) is 15.0. The molecule has 6 nitrogen and oxygen atoms in total. The summed E-state index contributed by atoms with van der Waals surface area (Å²) >= 11 is 0. The van der Waals surface area contributed by atoms with Crippen LogP contribution in [0.15, 0.2) is 24.3 Å². The van der Waals surface area contributed by atoms with Crippen molar-refractivity contribution in [2.75, 3.05) is 0 Å². The minimum atomic E-state index is -1.06. The molecule has 0 saturated heterocycles. The van der Waals surface area contributed by atoms with Crippen molar-refractivity contribution in [3.8, 4) is 0 Å². The number of aliphatic carboxylic acids is 1. The molecule has 2 rings (SSSR count). The number of benzene rings is 1. The largest absolute Gasteiger partial charge is 0.480 e. The molecule has 1 atom stereocenters. The van der Waals surface area contributed by atoms with Crippen molar-refractivity contribution in [2.45, 2.75) is 38.3 Å². The van der Waals surface area contributed by atoms with Crippen molar-refractivity contribution in [3.05, 3.63) is 35.4 Å². The van der Waals surface area contributed by atoms with Crippen LogP contribution < -0.4 is 10.6 Å². The van der Waals surface area contributed by atoms with Crippen LogP contribution in [0.5, 0.6) is 0 Å². The molecule has 0 aliphatic heterocycles. The van der Waals surface area contributed by atoms with Crippen LogP contribution in [0.4, 0.5) is 0 Å². The predicted molar refractivity (Wildman–Crippen MR) is 76.1 cm³/mol. The van der Waals surface area contributed by atoms with Gasteiger partial charge >= 0.3 is 5.97 Å². The van der Waals surface area contributed by atoms with Crippen molar-refractivity contribution in [1.29, 1.82) is 0 Å². The van der Waals surface area contributed by atoms with E-state index in [-0.39, 0.29) is 11.9 Å². The van der Waals surface area contributed by atoms with Crippen molar-refractivity contribution in [2.24, 2.45) is 0 Å². The smallest absolute Gasteiger partial charge is 0.326 e. The normalized spacial score (nSPS) is 15.1. The van der Waals surface area contributed by atoms with Gasteiger partial charge in [0.25, 0.3) is 11.8 Å². The van der Waals surface area contributed by atoms with E-state index in [1.807, 2.05) is 0 Å². The Morgan fingerprint density at radius 2 is 1.67 bits per heavy atom. The summed E-state index contributed by atoms with van der Waals surface area (Å²) in [6.45, 7) is 1.68. The molecule has 0 radical (unpaired) electrons. The minimum Gasteiger partial charge on any atom is -0.480 e. The van der Waals surface area contributed by atoms with E-state index in [1.54, 1.807) is 19.1 Å². The first-order valence-electron chi connectivity index (χ1n) is 6.96. The molecular weight excluding hydrogens is 272 g/mol. The van der Waals surface area contributed by atoms with Gasteiger partial charge in [0.05, 0.1) is 0 Å². The molecule has 1 aromatic rings. The van der Waals surface area contributed by atoms with Gasteiger partial charge in [0.1, 0.15) is 6.04 Å². The number of carbonyl (C=O) groups is 3. The molecule has 1 aliphatic carbocycles. The quantitative estimate of drug-likeness (QED) is 0.733. The lowest BCUT2D eigenvalue weighted by atomic mass is 10.1. The molecule has 3 N–H and O–H groups in total. The summed E-state index contributed by atoms with van der Waals surface area (Å²) in [7, 11) is 0. The summed E-state index contributed by atoms with van der Waals surface area (Å²) in [5, 5.41) is 14.2. The molecule has 21 heavy (non-hydrogen) atoms. The van der Waals surface area contributed by atoms with Gasteiger partial charge in [-0.05, 0) is 43.5 Å². The number of hydrogen-bond acceptors (Lipinski definition) is 3. The van der Waals surface area contributed by atoms with Gasteiger partial charge in [0.2, 0.25) is 0 Å². The summed E-state index contributed by atoms with van der Waals surface area (Å²) < 4.78 is 0. The Hall–Kier alpha value is -2.37. The molecule has 112 valence electrons. The molecule has 0 aromatic heterocycles. The monoisotopic (exact) mass is 290 g/mol. The molecule has 1 fully saturated rings. The molecule has 1 aromatic carbocycles. The van der Waals surface area contributed by atoms with E-state index in [0.29, 0.717) is 17.5 Å². The second kappa shape index (κ2) is 6.39. The third kappa shape index (κ3) is 4.05. The molecule has 1 aliphatic rings. The Bertz CT molecular complexity index is 549. The van der Waals surface area contributed by atoms with E-state index >= 15 is 0 Å². The highest BCUT2D eigenvalue weighted by atomic mass is 16.4. The molecular formula is C15H18N2O4. The lowest BCUT2D eigenvalue weighted by Crippen LogP contribution is -2.40. The summed E-state index contributed by atoms with van der Waals surface area (Å²) in [6.07, 6.45) is 2.34. The second-order valence-electron chi connectivity index (χ2n) is 5.10. The molecule has 0 bridgehead atoms. The first-order valence-corrected chi connectivity index (χ1v) is 6.96. The van der Waals surface area contributed by atoms with E-state index in [2.05, 4.69) is 10.6 Å². The third-order valence-corrected chi connectivity index (χ3v) is 3.33. The fourth-order valence-corrected chi connectivity index (χ4v) is 1.85. The lowest BCUT2D eigenvalue weighted by molar-refractivity contribution is -0.139. The Labute approximate surface area is 122 Å². The van der Waals surface area contributed by atoms with Gasteiger partial charge < -0.3 is 15.7 Å². The predicted octanol–water partition coefficient (Wildman–Crippen LogP) is 1.17. The molecule has 0 spiro atoms.